The van der Waals surface area contributed by atoms with Crippen LogP contribution < -0.4 is 15.8 Å². The van der Waals surface area contributed by atoms with Gasteiger partial charge < -0.3 is 10.6 Å². The zero-order chi connectivity index (χ0) is 22.2. The first-order valence-corrected chi connectivity index (χ1v) is 12.1. The predicted molar refractivity (Wildman–Crippen MR) is 126 cm³/mol. The zero-order valence-electron chi connectivity index (χ0n) is 17.3. The number of hydrogen-bond donors (Lipinski definition) is 3. The Bertz CT molecular complexity index is 1340. The number of fused-ring (bicyclic) bond motifs is 1. The molecule has 8 nitrogen and oxygen atoms in total. The molecular formula is C21H22N6O2S2. The molecular weight excluding hydrogens is 432 g/mol. The molecule has 0 saturated carbocycles. The first kappa shape index (κ1) is 21.2. The van der Waals surface area contributed by atoms with E-state index in [9.17, 15) is 8.42 Å². The van der Waals surface area contributed by atoms with Crippen LogP contribution >= 0.6 is 11.3 Å². The molecule has 2 aromatic heterocycles. The van der Waals surface area contributed by atoms with E-state index in [4.69, 9.17) is 10.1 Å². The number of benzene rings is 2. The molecule has 0 spiro atoms. The molecule has 4 rings (SSSR count). The Morgan fingerprint density at radius 2 is 1.61 bits per heavy atom. The van der Waals surface area contributed by atoms with Crippen LogP contribution in [-0.4, -0.2) is 23.4 Å². The number of nitrogens with one attached hydrogen (secondary N) is 2. The van der Waals surface area contributed by atoms with Gasteiger partial charge in [-0.3, -0.25) is 0 Å². The fourth-order valence-corrected chi connectivity index (χ4v) is 4.79. The van der Waals surface area contributed by atoms with Gasteiger partial charge in [-0.25, -0.2) is 28.5 Å². The fraction of sp³-hybridized carbons (Fsp3) is 0.190. The maximum Gasteiger partial charge on any atom is 0.213 e. The van der Waals surface area contributed by atoms with Gasteiger partial charge in [-0.2, -0.15) is 0 Å². The molecule has 31 heavy (non-hydrogen) atoms. The number of hydrogen-bond acceptors (Lipinski definition) is 8. The minimum Gasteiger partial charge on any atom is -0.338 e. The molecule has 2 heterocycles. The summed E-state index contributed by atoms with van der Waals surface area (Å²) in [7, 11) is -3.57. The molecule has 0 amide bonds. The van der Waals surface area contributed by atoms with E-state index in [-0.39, 0.29) is 5.75 Å². The summed E-state index contributed by atoms with van der Waals surface area (Å²) in [4.78, 5) is 14.5. The van der Waals surface area contributed by atoms with Crippen molar-refractivity contribution in [3.63, 3.8) is 0 Å². The van der Waals surface area contributed by atoms with Gasteiger partial charge in [0.15, 0.2) is 15.8 Å². The molecule has 0 aliphatic rings. The van der Waals surface area contributed by atoms with Crippen LogP contribution in [0.4, 0.5) is 22.3 Å². The maximum atomic E-state index is 11.3. The van der Waals surface area contributed by atoms with E-state index < -0.39 is 10.0 Å². The van der Waals surface area contributed by atoms with E-state index in [1.54, 1.807) is 24.3 Å². The second-order valence-electron chi connectivity index (χ2n) is 7.31. The van der Waals surface area contributed by atoms with Crippen LogP contribution in [0, 0.1) is 20.8 Å². The van der Waals surface area contributed by atoms with E-state index in [2.05, 4.69) is 46.6 Å². The van der Waals surface area contributed by atoms with Crippen molar-refractivity contribution in [3.8, 4) is 0 Å². The monoisotopic (exact) mass is 454 g/mol. The van der Waals surface area contributed by atoms with Crippen molar-refractivity contribution in [3.05, 3.63) is 65.0 Å². The van der Waals surface area contributed by atoms with Crippen LogP contribution in [0.5, 0.6) is 0 Å². The van der Waals surface area contributed by atoms with Crippen molar-refractivity contribution in [2.75, 3.05) is 10.6 Å². The lowest BCUT2D eigenvalue weighted by molar-refractivity contribution is 0.597. The summed E-state index contributed by atoms with van der Waals surface area (Å²) in [6.07, 6.45) is 0. The summed E-state index contributed by atoms with van der Waals surface area (Å²) in [5.41, 5.74) is 5.35. The van der Waals surface area contributed by atoms with Crippen LogP contribution in [-0.2, 0) is 15.8 Å². The Labute approximate surface area is 184 Å². The molecule has 4 aromatic rings. The number of anilines is 4. The largest absolute Gasteiger partial charge is 0.338 e. The third kappa shape index (κ3) is 4.98. The smallest absolute Gasteiger partial charge is 0.213 e. The summed E-state index contributed by atoms with van der Waals surface area (Å²) in [6, 6.07) is 13.1. The molecule has 0 atom stereocenters. The highest BCUT2D eigenvalue weighted by atomic mass is 32.2. The van der Waals surface area contributed by atoms with Crippen molar-refractivity contribution in [2.45, 2.75) is 26.5 Å². The van der Waals surface area contributed by atoms with Gasteiger partial charge in [-0.05, 0) is 49.6 Å². The molecule has 4 N–H and O–H groups in total. The third-order valence-corrected chi connectivity index (χ3v) is 6.27. The second-order valence-corrected chi connectivity index (χ2v) is 9.91. The van der Waals surface area contributed by atoms with Gasteiger partial charge in [0.05, 0.1) is 5.75 Å². The van der Waals surface area contributed by atoms with E-state index in [0.717, 1.165) is 32.5 Å². The standard InChI is InChI=1S/C21H22N6O2S2/c1-12-5-4-6-13(2)17(12)26-21-27-18-19(23-14(3)24-20(18)30-21)25-16-9-7-15(8-10-16)11-31(22,28)29/h4-10H,11H2,1-3H3,(H,26,27)(H2,22,28,29)(H,23,24,25). The topological polar surface area (TPSA) is 123 Å². The number of nitrogens with two attached hydrogens (primary N) is 1. The second kappa shape index (κ2) is 8.22. The highest BCUT2D eigenvalue weighted by Gasteiger charge is 2.14. The average Bonchev–Trinajstić information content (AvgIpc) is 3.08. The van der Waals surface area contributed by atoms with Gasteiger partial charge in [0.25, 0.3) is 0 Å². The first-order chi connectivity index (χ1) is 14.7. The number of primary sulfonamides is 1. The van der Waals surface area contributed by atoms with Crippen LogP contribution in [0.15, 0.2) is 42.5 Å². The van der Waals surface area contributed by atoms with E-state index in [1.165, 1.54) is 11.3 Å². The molecule has 0 aliphatic heterocycles. The number of rotatable bonds is 6. The summed E-state index contributed by atoms with van der Waals surface area (Å²) in [6.45, 7) is 5.94. The minimum atomic E-state index is -3.57. The van der Waals surface area contributed by atoms with E-state index in [0.29, 0.717) is 22.7 Å². The lowest BCUT2D eigenvalue weighted by Crippen LogP contribution is -2.14. The summed E-state index contributed by atoms with van der Waals surface area (Å²) >= 11 is 1.46. The Hall–Kier alpha value is -3.08. The third-order valence-electron chi connectivity index (χ3n) is 4.67. The van der Waals surface area contributed by atoms with E-state index in [1.807, 2.05) is 13.0 Å². The molecule has 0 fully saturated rings. The van der Waals surface area contributed by atoms with Gasteiger partial charge in [-0.1, -0.05) is 41.7 Å². The van der Waals surface area contributed by atoms with Crippen LogP contribution in [0.2, 0.25) is 0 Å². The highest BCUT2D eigenvalue weighted by molar-refractivity contribution is 7.88. The predicted octanol–water partition coefficient (Wildman–Crippen LogP) is 4.29. The van der Waals surface area contributed by atoms with Gasteiger partial charge in [0, 0.05) is 11.4 Å². The molecule has 10 heteroatoms. The zero-order valence-corrected chi connectivity index (χ0v) is 18.9. The molecule has 0 saturated heterocycles. The average molecular weight is 455 g/mol. The summed E-state index contributed by atoms with van der Waals surface area (Å²) < 4.78 is 22.5. The van der Waals surface area contributed by atoms with Crippen molar-refractivity contribution in [1.82, 2.24) is 15.0 Å². The number of thiazole rings is 1. The fourth-order valence-electron chi connectivity index (χ4n) is 3.24. The molecule has 0 aliphatic carbocycles. The van der Waals surface area contributed by atoms with Crippen LogP contribution in [0.1, 0.15) is 22.5 Å². The van der Waals surface area contributed by atoms with Crippen molar-refractivity contribution >= 4 is 54.0 Å². The number of aryl methyl sites for hydroxylation is 3. The van der Waals surface area contributed by atoms with Crippen molar-refractivity contribution in [1.29, 1.82) is 0 Å². The quantitative estimate of drug-likeness (QED) is 0.397. The first-order valence-electron chi connectivity index (χ1n) is 9.53. The Morgan fingerprint density at radius 3 is 2.26 bits per heavy atom. The Morgan fingerprint density at radius 1 is 0.935 bits per heavy atom. The van der Waals surface area contributed by atoms with E-state index >= 15 is 0 Å². The van der Waals surface area contributed by atoms with Crippen LogP contribution in [0.3, 0.4) is 0 Å². The normalized spacial score (nSPS) is 11.6. The lowest BCUT2D eigenvalue weighted by Gasteiger charge is -2.09. The minimum absolute atomic E-state index is 0.205. The van der Waals surface area contributed by atoms with Gasteiger partial charge in [0.2, 0.25) is 10.0 Å². The highest BCUT2D eigenvalue weighted by Crippen LogP contribution is 2.33. The molecule has 0 bridgehead atoms. The van der Waals surface area contributed by atoms with Crippen molar-refractivity contribution in [2.24, 2.45) is 5.14 Å². The van der Waals surface area contributed by atoms with Gasteiger partial charge >= 0.3 is 0 Å². The van der Waals surface area contributed by atoms with Gasteiger partial charge in [-0.15, -0.1) is 0 Å². The number of sulfonamides is 1. The number of aromatic nitrogens is 3. The van der Waals surface area contributed by atoms with Crippen LogP contribution in [0.25, 0.3) is 10.3 Å². The SMILES string of the molecule is Cc1nc(Nc2ccc(CS(N)(=O)=O)cc2)c2nc(Nc3c(C)cccc3C)sc2n1. The molecule has 0 radical (unpaired) electrons. The van der Waals surface area contributed by atoms with Gasteiger partial charge in [0.1, 0.15) is 11.3 Å². The number of para-hydroxylation sites is 1. The lowest BCUT2D eigenvalue weighted by atomic mass is 10.1. The summed E-state index contributed by atoms with van der Waals surface area (Å²) in [5.74, 6) is 1.01. The number of nitrogens with zero attached hydrogens (tertiary/aromatic N) is 3. The summed E-state index contributed by atoms with van der Waals surface area (Å²) in [5, 5.41) is 12.5. The van der Waals surface area contributed by atoms with Crippen molar-refractivity contribution < 1.29 is 8.42 Å². The molecule has 0 unspecified atom stereocenters. The molecule has 2 aromatic carbocycles. The Kier molecular flexibility index (Phi) is 5.61. The Balaban J connectivity index is 1.64. The maximum absolute atomic E-state index is 11.3. The molecule has 160 valence electrons.